The summed E-state index contributed by atoms with van der Waals surface area (Å²) in [6.07, 6.45) is -4.15. The first-order valence-corrected chi connectivity index (χ1v) is 4.95. The molecule has 8 heteroatoms. The fourth-order valence-electron chi connectivity index (χ4n) is 1.04. The van der Waals surface area contributed by atoms with Gasteiger partial charge >= 0.3 is 12.1 Å². The second kappa shape index (κ2) is 7.10. The van der Waals surface area contributed by atoms with Crippen LogP contribution in [0.5, 0.6) is 0 Å². The van der Waals surface area contributed by atoms with Gasteiger partial charge in [0.15, 0.2) is 0 Å². The van der Waals surface area contributed by atoms with Crippen LogP contribution >= 0.6 is 0 Å². The van der Waals surface area contributed by atoms with Crippen molar-refractivity contribution in [1.82, 2.24) is 10.2 Å². The summed E-state index contributed by atoms with van der Waals surface area (Å²) in [4.78, 5) is 22.6. The molecule has 0 heterocycles. The molecule has 0 aliphatic rings. The van der Waals surface area contributed by atoms with Crippen molar-refractivity contribution in [3.05, 3.63) is 0 Å². The predicted octanol–water partition coefficient (Wildman–Crippen LogP) is 0.461. The quantitative estimate of drug-likeness (QED) is 0.694. The second-order valence-electron chi connectivity index (χ2n) is 3.53. The molecule has 0 atom stereocenters. The number of alkyl halides is 3. The zero-order chi connectivity index (χ0) is 13.5. The van der Waals surface area contributed by atoms with Gasteiger partial charge in [-0.05, 0) is 6.42 Å². The molecule has 0 aromatic heterocycles. The summed E-state index contributed by atoms with van der Waals surface area (Å²) < 4.78 is 35.2. The Morgan fingerprint density at radius 3 is 2.41 bits per heavy atom. The molecule has 17 heavy (non-hydrogen) atoms. The van der Waals surface area contributed by atoms with Crippen LogP contribution in [0.1, 0.15) is 12.8 Å². The van der Waals surface area contributed by atoms with Crippen LogP contribution < -0.4 is 5.32 Å². The molecule has 0 radical (unpaired) electrons. The number of halogens is 3. The summed E-state index contributed by atoms with van der Waals surface area (Å²) in [5, 5.41) is 10.3. The van der Waals surface area contributed by atoms with Crippen LogP contribution in [0.2, 0.25) is 0 Å². The minimum absolute atomic E-state index is 0.0758. The van der Waals surface area contributed by atoms with E-state index in [1.54, 1.807) is 0 Å². The highest BCUT2D eigenvalue weighted by Crippen LogP contribution is 2.11. The average Bonchev–Trinajstić information content (AvgIpc) is 2.14. The lowest BCUT2D eigenvalue weighted by Crippen LogP contribution is -2.39. The van der Waals surface area contributed by atoms with Crippen LogP contribution in [-0.4, -0.2) is 54.7 Å². The first-order valence-electron chi connectivity index (χ1n) is 4.95. The smallest absolute Gasteiger partial charge is 0.401 e. The number of carboxylic acid groups (broad SMARTS) is 1. The lowest BCUT2D eigenvalue weighted by atomic mass is 10.3. The number of carbonyl (C=O) groups is 2. The molecule has 0 fully saturated rings. The van der Waals surface area contributed by atoms with Crippen molar-refractivity contribution >= 4 is 11.9 Å². The Morgan fingerprint density at radius 2 is 1.94 bits per heavy atom. The molecule has 0 bridgehead atoms. The van der Waals surface area contributed by atoms with Crippen LogP contribution in [-0.2, 0) is 9.59 Å². The Balaban J connectivity index is 3.71. The van der Waals surface area contributed by atoms with E-state index in [4.69, 9.17) is 5.11 Å². The first-order chi connectivity index (χ1) is 7.72. The van der Waals surface area contributed by atoms with Gasteiger partial charge < -0.3 is 15.3 Å². The van der Waals surface area contributed by atoms with Gasteiger partial charge in [-0.15, -0.1) is 0 Å². The van der Waals surface area contributed by atoms with E-state index in [1.165, 1.54) is 11.9 Å². The molecule has 2 N–H and O–H groups in total. The summed E-state index contributed by atoms with van der Waals surface area (Å²) in [6, 6.07) is 0. The van der Waals surface area contributed by atoms with Gasteiger partial charge in [0.25, 0.3) is 0 Å². The minimum atomic E-state index is -4.35. The van der Waals surface area contributed by atoms with Crippen molar-refractivity contribution in [1.29, 1.82) is 0 Å². The Morgan fingerprint density at radius 1 is 1.35 bits per heavy atom. The maximum Gasteiger partial charge on any atom is 0.401 e. The normalized spacial score (nSPS) is 11.3. The summed E-state index contributed by atoms with van der Waals surface area (Å²) in [6.45, 7) is -1.43. The largest absolute Gasteiger partial charge is 0.481 e. The van der Waals surface area contributed by atoms with E-state index in [9.17, 15) is 22.8 Å². The topological polar surface area (TPSA) is 69.6 Å². The van der Waals surface area contributed by atoms with Crippen molar-refractivity contribution in [3.63, 3.8) is 0 Å². The molecule has 0 unspecified atom stereocenters. The third kappa shape index (κ3) is 9.61. The first kappa shape index (κ1) is 15.7. The average molecular weight is 256 g/mol. The van der Waals surface area contributed by atoms with E-state index >= 15 is 0 Å². The van der Waals surface area contributed by atoms with Crippen LogP contribution in [0.15, 0.2) is 0 Å². The van der Waals surface area contributed by atoms with Gasteiger partial charge in [-0.2, -0.15) is 13.2 Å². The summed E-state index contributed by atoms with van der Waals surface area (Å²) in [7, 11) is 1.42. The number of likely N-dealkylation sites (N-methyl/N-ethyl adjacent to an activating group) is 1. The fourth-order valence-corrected chi connectivity index (χ4v) is 1.04. The number of hydrogen-bond acceptors (Lipinski definition) is 3. The second-order valence-corrected chi connectivity index (χ2v) is 3.53. The summed E-state index contributed by atoms with van der Waals surface area (Å²) in [5.74, 6) is -1.47. The highest BCUT2D eigenvalue weighted by atomic mass is 19.4. The highest BCUT2D eigenvalue weighted by molar-refractivity contribution is 5.78. The van der Waals surface area contributed by atoms with Gasteiger partial charge in [-0.1, -0.05) is 0 Å². The van der Waals surface area contributed by atoms with Crippen LogP contribution in [0.25, 0.3) is 0 Å². The van der Waals surface area contributed by atoms with Crippen LogP contribution in [0.4, 0.5) is 13.2 Å². The number of aliphatic carboxylic acids is 1. The number of nitrogens with one attached hydrogen (secondary N) is 1. The molecule has 100 valence electrons. The zero-order valence-corrected chi connectivity index (χ0v) is 9.38. The number of carboxylic acids is 1. The number of hydrogen-bond donors (Lipinski definition) is 2. The van der Waals surface area contributed by atoms with E-state index in [0.29, 0.717) is 0 Å². The zero-order valence-electron chi connectivity index (χ0n) is 9.38. The third-order valence-corrected chi connectivity index (χ3v) is 1.91. The number of amides is 1. The maximum absolute atomic E-state index is 11.7. The molecular formula is C9H15F3N2O3. The molecule has 0 aromatic carbocycles. The molecule has 0 aliphatic carbocycles. The van der Waals surface area contributed by atoms with Gasteiger partial charge in [0.2, 0.25) is 5.91 Å². The van der Waals surface area contributed by atoms with Crippen molar-refractivity contribution in [2.24, 2.45) is 0 Å². The monoisotopic (exact) mass is 256 g/mol. The molecular weight excluding hydrogens is 241 g/mol. The number of rotatable bonds is 7. The van der Waals surface area contributed by atoms with Crippen molar-refractivity contribution in [2.45, 2.75) is 19.0 Å². The van der Waals surface area contributed by atoms with Gasteiger partial charge in [0.1, 0.15) is 0 Å². The van der Waals surface area contributed by atoms with Crippen molar-refractivity contribution in [2.75, 3.05) is 26.7 Å². The Hall–Kier alpha value is -1.31. The molecule has 0 saturated carbocycles. The molecule has 0 spiro atoms. The van der Waals surface area contributed by atoms with E-state index in [2.05, 4.69) is 0 Å². The molecule has 0 rings (SSSR count). The van der Waals surface area contributed by atoms with Gasteiger partial charge in [0.05, 0.1) is 13.1 Å². The molecule has 0 aromatic rings. The Kier molecular flexibility index (Phi) is 6.55. The molecule has 5 nitrogen and oxygen atoms in total. The van der Waals surface area contributed by atoms with Gasteiger partial charge in [0, 0.05) is 20.0 Å². The molecule has 0 aliphatic heterocycles. The standard InChI is InChI=1S/C9H15F3N2O3/c1-14(4-2-3-8(16)17)7(15)5-13-6-9(10,11)12/h13H,2-6H2,1H3,(H,16,17). The van der Waals surface area contributed by atoms with Crippen LogP contribution in [0.3, 0.4) is 0 Å². The predicted molar refractivity (Wildman–Crippen MR) is 53.4 cm³/mol. The van der Waals surface area contributed by atoms with E-state index < -0.39 is 31.1 Å². The van der Waals surface area contributed by atoms with E-state index in [-0.39, 0.29) is 19.4 Å². The number of nitrogens with zero attached hydrogens (tertiary/aromatic N) is 1. The molecule has 1 amide bonds. The van der Waals surface area contributed by atoms with Crippen LogP contribution in [0, 0.1) is 0 Å². The lowest BCUT2D eigenvalue weighted by Gasteiger charge is -2.17. The van der Waals surface area contributed by atoms with E-state index in [1.807, 2.05) is 5.32 Å². The van der Waals surface area contributed by atoms with E-state index in [0.717, 1.165) is 0 Å². The fraction of sp³-hybridized carbons (Fsp3) is 0.778. The summed E-state index contributed by atoms with van der Waals surface area (Å²) in [5.41, 5.74) is 0. The Bertz CT molecular complexity index is 269. The number of carbonyl (C=O) groups excluding carboxylic acids is 1. The van der Waals surface area contributed by atoms with Crippen molar-refractivity contribution in [3.8, 4) is 0 Å². The SMILES string of the molecule is CN(CCCC(=O)O)C(=O)CNCC(F)(F)F. The van der Waals surface area contributed by atoms with Gasteiger partial charge in [-0.25, -0.2) is 0 Å². The highest BCUT2D eigenvalue weighted by Gasteiger charge is 2.26. The van der Waals surface area contributed by atoms with Gasteiger partial charge in [-0.3, -0.25) is 9.59 Å². The summed E-state index contributed by atoms with van der Waals surface area (Å²) >= 11 is 0. The maximum atomic E-state index is 11.7. The lowest BCUT2D eigenvalue weighted by molar-refractivity contribution is -0.138. The molecule has 0 saturated heterocycles. The third-order valence-electron chi connectivity index (χ3n) is 1.91. The Labute approximate surface area is 96.6 Å². The van der Waals surface area contributed by atoms with Crippen molar-refractivity contribution < 1.29 is 27.9 Å². The minimum Gasteiger partial charge on any atom is -0.481 e.